The molecule has 1 fully saturated rings. The number of hydrogen-bond acceptors (Lipinski definition) is 5. The van der Waals surface area contributed by atoms with E-state index in [2.05, 4.69) is 28.6 Å². The van der Waals surface area contributed by atoms with E-state index in [4.69, 9.17) is 4.74 Å². The van der Waals surface area contributed by atoms with Crippen LogP contribution < -0.4 is 15.5 Å². The number of rotatable bonds is 4. The molecule has 0 spiro atoms. The molecule has 6 heteroatoms. The highest BCUT2D eigenvalue weighted by atomic mass is 16.5. The zero-order chi connectivity index (χ0) is 19.7. The maximum Gasteiger partial charge on any atom is 0.261 e. The van der Waals surface area contributed by atoms with Gasteiger partial charge in [0.1, 0.15) is 0 Å². The third-order valence-electron chi connectivity index (χ3n) is 5.12. The van der Waals surface area contributed by atoms with Gasteiger partial charge < -0.3 is 20.3 Å². The maximum atomic E-state index is 13.2. The summed E-state index contributed by atoms with van der Waals surface area (Å²) in [5.41, 5.74) is 5.43. The predicted octanol–water partition coefficient (Wildman–Crippen LogP) is 3.34. The summed E-state index contributed by atoms with van der Waals surface area (Å²) in [5, 5.41) is 6.86. The van der Waals surface area contributed by atoms with Gasteiger partial charge in [-0.3, -0.25) is 9.78 Å². The summed E-state index contributed by atoms with van der Waals surface area (Å²) in [6.07, 6.45) is 1.80. The van der Waals surface area contributed by atoms with Crippen molar-refractivity contribution in [1.82, 2.24) is 10.3 Å². The number of nitrogens with zero attached hydrogens (tertiary/aromatic N) is 2. The van der Waals surface area contributed by atoms with E-state index in [0.717, 1.165) is 40.4 Å². The Morgan fingerprint density at radius 1 is 1.21 bits per heavy atom. The van der Waals surface area contributed by atoms with Crippen LogP contribution in [0.3, 0.4) is 0 Å². The lowest BCUT2D eigenvalue weighted by Gasteiger charge is -2.22. The van der Waals surface area contributed by atoms with Crippen LogP contribution in [0.2, 0.25) is 0 Å². The number of benzene rings is 1. The van der Waals surface area contributed by atoms with E-state index < -0.39 is 0 Å². The number of carbonyl (C=O) groups excluding carboxylic acids is 1. The van der Waals surface area contributed by atoms with Gasteiger partial charge in [-0.05, 0) is 51.1 Å². The normalized spacial score (nSPS) is 20.1. The van der Waals surface area contributed by atoms with Crippen LogP contribution in [0.4, 0.5) is 11.4 Å². The van der Waals surface area contributed by atoms with Crippen LogP contribution in [-0.4, -0.2) is 36.7 Å². The van der Waals surface area contributed by atoms with Gasteiger partial charge >= 0.3 is 0 Å². The number of amides is 1. The zero-order valence-electron chi connectivity index (χ0n) is 16.5. The lowest BCUT2D eigenvalue weighted by atomic mass is 10.0. The summed E-state index contributed by atoms with van der Waals surface area (Å²) >= 11 is 0. The number of pyridine rings is 1. The monoisotopic (exact) mass is 378 g/mol. The number of anilines is 2. The number of fused-ring (bicyclic) bond motifs is 1. The smallest absolute Gasteiger partial charge is 0.261 e. The molecular weight excluding hydrogens is 352 g/mol. The van der Waals surface area contributed by atoms with Crippen molar-refractivity contribution in [3.63, 3.8) is 0 Å². The minimum atomic E-state index is 0.0351. The van der Waals surface area contributed by atoms with Gasteiger partial charge in [0.25, 0.3) is 5.91 Å². The number of nitrogens with one attached hydrogen (secondary N) is 2. The summed E-state index contributed by atoms with van der Waals surface area (Å²) < 4.78 is 5.59. The minimum absolute atomic E-state index is 0.0351. The van der Waals surface area contributed by atoms with Crippen LogP contribution in [0.5, 0.6) is 0 Å². The van der Waals surface area contributed by atoms with Crippen molar-refractivity contribution in [3.05, 3.63) is 59.5 Å². The van der Waals surface area contributed by atoms with E-state index in [1.807, 2.05) is 49.1 Å². The number of ether oxygens (including phenoxy) is 1. The zero-order valence-corrected chi connectivity index (χ0v) is 16.5. The van der Waals surface area contributed by atoms with E-state index >= 15 is 0 Å². The molecule has 2 N–H and O–H groups in total. The first-order valence-electron chi connectivity index (χ1n) is 9.76. The summed E-state index contributed by atoms with van der Waals surface area (Å²) in [6.45, 7) is 7.98. The lowest BCUT2D eigenvalue weighted by molar-refractivity contribution is -0.113. The average Bonchev–Trinajstić information content (AvgIpc) is 3.00. The lowest BCUT2D eigenvalue weighted by Crippen LogP contribution is -2.35. The molecule has 2 aliphatic rings. The molecule has 1 aromatic heterocycles. The summed E-state index contributed by atoms with van der Waals surface area (Å²) in [6, 6.07) is 12.2. The molecule has 1 amide bonds. The van der Waals surface area contributed by atoms with Crippen molar-refractivity contribution in [2.45, 2.75) is 32.9 Å². The van der Waals surface area contributed by atoms with Crippen molar-refractivity contribution < 1.29 is 9.53 Å². The third-order valence-corrected chi connectivity index (χ3v) is 5.12. The van der Waals surface area contributed by atoms with E-state index in [1.54, 1.807) is 6.20 Å². The molecule has 146 valence electrons. The number of hydrogen-bond donors (Lipinski definition) is 2. The van der Waals surface area contributed by atoms with Crippen LogP contribution in [0.1, 0.15) is 38.1 Å². The Hall–Kier alpha value is -2.86. The molecule has 0 radical (unpaired) electrons. The molecule has 1 saturated heterocycles. The molecule has 2 aromatic rings. The molecule has 6 nitrogen and oxygen atoms in total. The molecule has 1 atom stereocenters. The first-order valence-corrected chi connectivity index (χ1v) is 9.76. The van der Waals surface area contributed by atoms with Crippen LogP contribution in [0.15, 0.2) is 48.3 Å². The van der Waals surface area contributed by atoms with E-state index in [-0.39, 0.29) is 18.0 Å². The fourth-order valence-electron chi connectivity index (χ4n) is 3.80. The highest BCUT2D eigenvalue weighted by Crippen LogP contribution is 2.41. The van der Waals surface area contributed by atoms with Gasteiger partial charge in [-0.2, -0.15) is 0 Å². The first kappa shape index (κ1) is 18.5. The predicted molar refractivity (Wildman–Crippen MR) is 111 cm³/mol. The molecule has 28 heavy (non-hydrogen) atoms. The van der Waals surface area contributed by atoms with Crippen molar-refractivity contribution in [1.29, 1.82) is 0 Å². The molecule has 2 aliphatic heterocycles. The number of morpholine rings is 1. The summed E-state index contributed by atoms with van der Waals surface area (Å²) in [5.74, 6) is 0.0351. The van der Waals surface area contributed by atoms with Crippen molar-refractivity contribution in [2.75, 3.05) is 30.0 Å². The second-order valence-electron chi connectivity index (χ2n) is 7.45. The molecule has 0 aliphatic carbocycles. The quantitative estimate of drug-likeness (QED) is 0.799. The maximum absolute atomic E-state index is 13.2. The van der Waals surface area contributed by atoms with Gasteiger partial charge in [0.15, 0.2) is 0 Å². The Morgan fingerprint density at radius 3 is 2.75 bits per heavy atom. The Morgan fingerprint density at radius 2 is 2.07 bits per heavy atom. The highest BCUT2D eigenvalue weighted by Gasteiger charge is 2.36. The van der Waals surface area contributed by atoms with Gasteiger partial charge in [-0.1, -0.05) is 6.07 Å². The first-order chi connectivity index (χ1) is 13.6. The SMILES string of the molecule is CC(Nc1ccc2c(c1)/C(=C1\COCCN1)C(=O)N2C(C)C)c1ccccn1. The Labute approximate surface area is 165 Å². The standard InChI is InChI=1S/C22H26N4O2/c1-14(2)26-20-8-7-16(25-15(3)18-6-4-5-9-23-18)12-17(20)21(22(26)27)19-13-28-11-10-24-19/h4-9,12,14-15,24-25H,10-11,13H2,1-3H3/b21-19-. The van der Waals surface area contributed by atoms with Crippen molar-refractivity contribution >= 4 is 22.9 Å². The van der Waals surface area contributed by atoms with Crippen molar-refractivity contribution in [3.8, 4) is 0 Å². The van der Waals surface area contributed by atoms with E-state index in [1.165, 1.54) is 0 Å². The Bertz CT molecular complexity index is 900. The minimum Gasteiger partial charge on any atom is -0.383 e. The molecule has 1 aromatic carbocycles. The van der Waals surface area contributed by atoms with E-state index in [9.17, 15) is 4.79 Å². The van der Waals surface area contributed by atoms with Gasteiger partial charge in [-0.15, -0.1) is 0 Å². The third kappa shape index (κ3) is 3.36. The number of carbonyl (C=O) groups is 1. The summed E-state index contributed by atoms with van der Waals surface area (Å²) in [4.78, 5) is 19.5. The summed E-state index contributed by atoms with van der Waals surface area (Å²) in [7, 11) is 0. The topological polar surface area (TPSA) is 66.5 Å². The van der Waals surface area contributed by atoms with Gasteiger partial charge in [0.2, 0.25) is 0 Å². The Kier molecular flexibility index (Phi) is 5.05. The van der Waals surface area contributed by atoms with Gasteiger partial charge in [-0.25, -0.2) is 0 Å². The molecular formula is C22H26N4O2. The van der Waals surface area contributed by atoms with E-state index in [0.29, 0.717) is 13.2 Å². The fourth-order valence-corrected chi connectivity index (χ4v) is 3.80. The molecule has 4 rings (SSSR count). The number of aromatic nitrogens is 1. The van der Waals surface area contributed by atoms with Crippen LogP contribution >= 0.6 is 0 Å². The van der Waals surface area contributed by atoms with Crippen LogP contribution in [0, 0.1) is 0 Å². The molecule has 0 bridgehead atoms. The second kappa shape index (κ2) is 7.64. The van der Waals surface area contributed by atoms with Gasteiger partial charge in [0, 0.05) is 30.0 Å². The largest absolute Gasteiger partial charge is 0.383 e. The Balaban J connectivity index is 1.71. The fraction of sp³-hybridized carbons (Fsp3) is 0.364. The molecule has 0 saturated carbocycles. The van der Waals surface area contributed by atoms with Crippen LogP contribution in [0.25, 0.3) is 5.57 Å². The molecule has 1 unspecified atom stereocenters. The second-order valence-corrected chi connectivity index (χ2v) is 7.45. The highest BCUT2D eigenvalue weighted by molar-refractivity contribution is 6.33. The molecule has 3 heterocycles. The van der Waals surface area contributed by atoms with Crippen molar-refractivity contribution in [2.24, 2.45) is 0 Å². The van der Waals surface area contributed by atoms with Crippen LogP contribution in [-0.2, 0) is 9.53 Å². The van der Waals surface area contributed by atoms with Gasteiger partial charge in [0.05, 0.1) is 41.9 Å². The average molecular weight is 378 g/mol.